The molecule has 0 aliphatic rings. The van der Waals surface area contributed by atoms with Gasteiger partial charge < -0.3 is 14.8 Å². The monoisotopic (exact) mass is 403 g/mol. The number of nitrogens with zero attached hydrogens (tertiary/aromatic N) is 1. The average Bonchev–Trinajstić information content (AvgIpc) is 3.14. The second kappa shape index (κ2) is 7.41. The molecular weight excluding hydrogens is 386 g/mol. The fourth-order valence-corrected chi connectivity index (χ4v) is 4.00. The van der Waals surface area contributed by atoms with Crippen molar-refractivity contribution < 1.29 is 15.0 Å². The van der Waals surface area contributed by atoms with Crippen LogP contribution in [0.5, 0.6) is 5.75 Å². The smallest absolute Gasteiger partial charge is 0.341 e. The third-order valence-corrected chi connectivity index (χ3v) is 5.57. The van der Waals surface area contributed by atoms with Crippen molar-refractivity contribution in [1.82, 2.24) is 4.57 Å². The SMILES string of the molecule is Cc1cc(O)ccc1-n1cc(C(=O)O)c(=O)cc1/C=C/c1ccc2sccc2c1. The summed E-state index contributed by atoms with van der Waals surface area (Å²) in [4.78, 5) is 23.8. The first-order chi connectivity index (χ1) is 13.9. The maximum absolute atomic E-state index is 12.3. The van der Waals surface area contributed by atoms with Crippen molar-refractivity contribution in [3.8, 4) is 11.4 Å². The van der Waals surface area contributed by atoms with Crippen LogP contribution in [0, 0.1) is 6.92 Å². The fourth-order valence-electron chi connectivity index (χ4n) is 3.23. The van der Waals surface area contributed by atoms with Crippen molar-refractivity contribution in [3.63, 3.8) is 0 Å². The molecule has 0 saturated heterocycles. The molecule has 4 aromatic rings. The van der Waals surface area contributed by atoms with Gasteiger partial charge in [0.05, 0.1) is 0 Å². The summed E-state index contributed by atoms with van der Waals surface area (Å²) in [6.45, 7) is 1.81. The number of fused-ring (bicyclic) bond motifs is 1. The molecule has 0 bridgehead atoms. The molecule has 29 heavy (non-hydrogen) atoms. The number of carboxylic acid groups (broad SMARTS) is 1. The molecule has 2 aromatic carbocycles. The number of rotatable bonds is 4. The number of thiophene rings is 1. The Labute approximate surface area is 170 Å². The molecule has 0 atom stereocenters. The Morgan fingerprint density at radius 1 is 1.07 bits per heavy atom. The van der Waals surface area contributed by atoms with E-state index >= 15 is 0 Å². The number of carboxylic acids is 1. The standard InChI is InChI=1S/C23H17NO4S/c1-14-10-18(25)5-6-20(14)24-13-19(23(27)28)21(26)12-17(24)4-2-15-3-7-22-16(11-15)8-9-29-22/h2-13,25H,1H3,(H,27,28)/b4-2+. The van der Waals surface area contributed by atoms with Crippen LogP contribution in [0.25, 0.3) is 27.9 Å². The number of aromatic carboxylic acids is 1. The van der Waals surface area contributed by atoms with Gasteiger partial charge in [-0.1, -0.05) is 12.1 Å². The number of phenols is 1. The lowest BCUT2D eigenvalue weighted by Crippen LogP contribution is -2.18. The van der Waals surface area contributed by atoms with Crippen molar-refractivity contribution >= 4 is 39.5 Å². The zero-order valence-corrected chi connectivity index (χ0v) is 16.3. The molecule has 2 aromatic heterocycles. The van der Waals surface area contributed by atoms with Gasteiger partial charge in [0.2, 0.25) is 0 Å². The van der Waals surface area contributed by atoms with E-state index < -0.39 is 11.4 Å². The Balaban J connectivity index is 1.85. The summed E-state index contributed by atoms with van der Waals surface area (Å²) in [7, 11) is 0. The lowest BCUT2D eigenvalue weighted by molar-refractivity contribution is 0.0694. The van der Waals surface area contributed by atoms with E-state index in [1.165, 1.54) is 23.0 Å². The average molecular weight is 403 g/mol. The highest BCUT2D eigenvalue weighted by Gasteiger charge is 2.14. The number of carbonyl (C=O) groups is 1. The molecule has 2 N–H and O–H groups in total. The molecule has 0 amide bonds. The quantitative estimate of drug-likeness (QED) is 0.506. The lowest BCUT2D eigenvalue weighted by atomic mass is 10.1. The van der Waals surface area contributed by atoms with Crippen LogP contribution in [0.2, 0.25) is 0 Å². The third-order valence-electron chi connectivity index (χ3n) is 4.67. The van der Waals surface area contributed by atoms with Gasteiger partial charge in [0.25, 0.3) is 0 Å². The molecule has 0 aliphatic carbocycles. The summed E-state index contributed by atoms with van der Waals surface area (Å²) >= 11 is 1.67. The van der Waals surface area contributed by atoms with Crippen LogP contribution in [0.15, 0.2) is 64.9 Å². The largest absolute Gasteiger partial charge is 0.508 e. The number of phenolic OH excluding ortho intramolecular Hbond substituents is 1. The zero-order valence-electron chi connectivity index (χ0n) is 15.5. The number of hydrogen-bond acceptors (Lipinski definition) is 4. The number of benzene rings is 2. The van der Waals surface area contributed by atoms with Crippen molar-refractivity contribution in [1.29, 1.82) is 0 Å². The van der Waals surface area contributed by atoms with E-state index in [-0.39, 0.29) is 11.3 Å². The van der Waals surface area contributed by atoms with Crippen LogP contribution >= 0.6 is 11.3 Å². The van der Waals surface area contributed by atoms with Gasteiger partial charge in [-0.2, -0.15) is 0 Å². The first-order valence-electron chi connectivity index (χ1n) is 8.88. The molecule has 0 aliphatic heterocycles. The van der Waals surface area contributed by atoms with Gasteiger partial charge in [0, 0.05) is 28.3 Å². The molecule has 0 spiro atoms. The minimum absolute atomic E-state index is 0.118. The zero-order chi connectivity index (χ0) is 20.5. The summed E-state index contributed by atoms with van der Waals surface area (Å²) in [6.07, 6.45) is 5.00. The van der Waals surface area contributed by atoms with Gasteiger partial charge in [-0.05, 0) is 71.3 Å². The second-order valence-electron chi connectivity index (χ2n) is 6.67. The van der Waals surface area contributed by atoms with Gasteiger partial charge in [0.15, 0.2) is 5.43 Å². The summed E-state index contributed by atoms with van der Waals surface area (Å²) in [6, 6.07) is 14.3. The van der Waals surface area contributed by atoms with Gasteiger partial charge >= 0.3 is 5.97 Å². The Bertz CT molecular complexity index is 1330. The van der Waals surface area contributed by atoms with Crippen LogP contribution in [-0.4, -0.2) is 20.7 Å². The number of aromatic nitrogens is 1. The van der Waals surface area contributed by atoms with Crippen molar-refractivity contribution in [2.24, 2.45) is 0 Å². The molecule has 0 unspecified atom stereocenters. The van der Waals surface area contributed by atoms with E-state index in [2.05, 4.69) is 12.1 Å². The first kappa shape index (κ1) is 18.7. The molecule has 0 saturated carbocycles. The molecular formula is C23H17NO4S. The minimum atomic E-state index is -1.28. The molecule has 4 rings (SSSR count). The Morgan fingerprint density at radius 3 is 2.66 bits per heavy atom. The van der Waals surface area contributed by atoms with E-state index in [9.17, 15) is 19.8 Å². The molecule has 6 heteroatoms. The van der Waals surface area contributed by atoms with Crippen LogP contribution in [-0.2, 0) is 0 Å². The highest BCUT2D eigenvalue weighted by atomic mass is 32.1. The molecule has 5 nitrogen and oxygen atoms in total. The minimum Gasteiger partial charge on any atom is -0.508 e. The van der Waals surface area contributed by atoms with Gasteiger partial charge in [0.1, 0.15) is 11.3 Å². The number of hydrogen-bond donors (Lipinski definition) is 2. The summed E-state index contributed by atoms with van der Waals surface area (Å²) in [5, 5.41) is 22.2. The Hall–Kier alpha value is -3.64. The van der Waals surface area contributed by atoms with E-state index in [1.54, 1.807) is 34.1 Å². The van der Waals surface area contributed by atoms with E-state index in [0.717, 1.165) is 16.5 Å². The second-order valence-corrected chi connectivity index (χ2v) is 7.62. The molecule has 2 heterocycles. The topological polar surface area (TPSA) is 79.5 Å². The lowest BCUT2D eigenvalue weighted by Gasteiger charge is -2.15. The van der Waals surface area contributed by atoms with Crippen LogP contribution in [0.1, 0.15) is 27.2 Å². The highest BCUT2D eigenvalue weighted by molar-refractivity contribution is 7.17. The van der Waals surface area contributed by atoms with Crippen molar-refractivity contribution in [2.45, 2.75) is 6.92 Å². The normalized spacial score (nSPS) is 11.3. The Kier molecular flexibility index (Phi) is 4.78. The maximum Gasteiger partial charge on any atom is 0.341 e. The van der Waals surface area contributed by atoms with Gasteiger partial charge in [-0.3, -0.25) is 4.79 Å². The van der Waals surface area contributed by atoms with Gasteiger partial charge in [-0.15, -0.1) is 11.3 Å². The van der Waals surface area contributed by atoms with Crippen molar-refractivity contribution in [2.75, 3.05) is 0 Å². The van der Waals surface area contributed by atoms with Crippen molar-refractivity contribution in [3.05, 3.63) is 92.7 Å². The summed E-state index contributed by atoms with van der Waals surface area (Å²) in [5.74, 6) is -1.16. The van der Waals surface area contributed by atoms with Crippen LogP contribution in [0.4, 0.5) is 0 Å². The molecule has 0 fully saturated rings. The van der Waals surface area contributed by atoms with E-state index in [0.29, 0.717) is 11.4 Å². The fraction of sp³-hybridized carbons (Fsp3) is 0.0435. The van der Waals surface area contributed by atoms with Crippen LogP contribution in [0.3, 0.4) is 0 Å². The third kappa shape index (κ3) is 3.70. The molecule has 0 radical (unpaired) electrons. The van der Waals surface area contributed by atoms with E-state index in [4.69, 9.17) is 0 Å². The predicted molar refractivity (Wildman–Crippen MR) is 116 cm³/mol. The highest BCUT2D eigenvalue weighted by Crippen LogP contribution is 2.24. The molecule has 144 valence electrons. The van der Waals surface area contributed by atoms with Crippen LogP contribution < -0.4 is 5.43 Å². The summed E-state index contributed by atoms with van der Waals surface area (Å²) in [5.41, 5.74) is 2.07. The van der Waals surface area contributed by atoms with Gasteiger partial charge in [-0.25, -0.2) is 4.79 Å². The maximum atomic E-state index is 12.3. The Morgan fingerprint density at radius 2 is 1.90 bits per heavy atom. The summed E-state index contributed by atoms with van der Waals surface area (Å²) < 4.78 is 2.85. The first-order valence-corrected chi connectivity index (χ1v) is 9.76. The predicted octanol–water partition coefficient (Wildman–Crippen LogP) is 4.93. The number of aromatic hydroxyl groups is 1. The number of pyridine rings is 1. The van der Waals surface area contributed by atoms with E-state index in [1.807, 2.05) is 30.5 Å². The number of aryl methyl sites for hydroxylation is 1.